The van der Waals surface area contributed by atoms with Crippen molar-refractivity contribution in [1.29, 1.82) is 0 Å². The second kappa shape index (κ2) is 9.25. The molecule has 4 rings (SSSR count). The smallest absolute Gasteiger partial charge is 0.293 e. The fourth-order valence-electron chi connectivity index (χ4n) is 3.20. The minimum atomic E-state index is -0.0791. The van der Waals surface area contributed by atoms with E-state index in [1.54, 1.807) is 17.0 Å². The molecular weight excluding hydrogens is 368 g/mol. The molecule has 7 nitrogen and oxygen atoms in total. The lowest BCUT2D eigenvalue weighted by Crippen LogP contribution is -2.46. The topological polar surface area (TPSA) is 68.6 Å². The van der Waals surface area contributed by atoms with Crippen molar-refractivity contribution < 1.29 is 9.47 Å². The van der Waals surface area contributed by atoms with Gasteiger partial charge in [0.25, 0.3) is 5.56 Å². The molecule has 0 bridgehead atoms. The lowest BCUT2D eigenvalue weighted by molar-refractivity contribution is 0.295. The molecule has 7 heteroatoms. The third kappa shape index (κ3) is 4.94. The van der Waals surface area contributed by atoms with Crippen molar-refractivity contribution in [3.63, 3.8) is 0 Å². The van der Waals surface area contributed by atoms with Crippen LogP contribution in [0.15, 0.2) is 71.8 Å². The van der Waals surface area contributed by atoms with Crippen LogP contribution in [-0.4, -0.2) is 42.3 Å². The molecule has 2 heterocycles. The zero-order valence-electron chi connectivity index (χ0n) is 16.2. The van der Waals surface area contributed by atoms with Gasteiger partial charge in [-0.15, -0.1) is 0 Å². The Labute approximate surface area is 169 Å². The average Bonchev–Trinajstić information content (AvgIpc) is 2.77. The number of hydrogen-bond donors (Lipinski definition) is 1. The first kappa shape index (κ1) is 19.0. The van der Waals surface area contributed by atoms with Gasteiger partial charge in [-0.25, -0.2) is 4.98 Å². The first-order chi connectivity index (χ1) is 14.3. The van der Waals surface area contributed by atoms with Crippen molar-refractivity contribution >= 4 is 5.82 Å². The number of hydrogen-bond acceptors (Lipinski definition) is 6. The molecule has 0 atom stereocenters. The zero-order chi connectivity index (χ0) is 19.9. The van der Waals surface area contributed by atoms with E-state index in [4.69, 9.17) is 9.47 Å². The van der Waals surface area contributed by atoms with E-state index in [1.807, 2.05) is 59.5 Å². The van der Waals surface area contributed by atoms with Gasteiger partial charge in [-0.05, 0) is 36.4 Å². The van der Waals surface area contributed by atoms with E-state index in [-0.39, 0.29) is 5.56 Å². The van der Waals surface area contributed by atoms with Gasteiger partial charge in [0.2, 0.25) is 0 Å². The lowest BCUT2D eigenvalue weighted by Gasteiger charge is -2.27. The molecule has 1 fully saturated rings. The third-order valence-corrected chi connectivity index (χ3v) is 4.72. The molecule has 150 valence electrons. The summed E-state index contributed by atoms with van der Waals surface area (Å²) < 4.78 is 13.2. The van der Waals surface area contributed by atoms with Crippen LogP contribution in [0.1, 0.15) is 0 Å². The lowest BCUT2D eigenvalue weighted by atomic mass is 10.3. The highest BCUT2D eigenvalue weighted by Gasteiger charge is 2.16. The number of para-hydroxylation sites is 1. The normalized spacial score (nSPS) is 13.9. The molecule has 0 spiro atoms. The van der Waals surface area contributed by atoms with Crippen LogP contribution in [0, 0.1) is 0 Å². The first-order valence-electron chi connectivity index (χ1n) is 9.76. The second-order valence-corrected chi connectivity index (χ2v) is 6.72. The van der Waals surface area contributed by atoms with Crippen molar-refractivity contribution in [1.82, 2.24) is 14.9 Å². The quantitative estimate of drug-likeness (QED) is 0.666. The summed E-state index contributed by atoms with van der Waals surface area (Å²) in [5.41, 5.74) is -0.0791. The number of piperazine rings is 1. The minimum absolute atomic E-state index is 0.0791. The first-order valence-corrected chi connectivity index (χ1v) is 9.76. The molecule has 0 radical (unpaired) electrons. The Morgan fingerprint density at radius 2 is 1.62 bits per heavy atom. The molecule has 1 aliphatic heterocycles. The van der Waals surface area contributed by atoms with E-state index in [0.29, 0.717) is 19.0 Å². The van der Waals surface area contributed by atoms with Crippen LogP contribution in [-0.2, 0) is 6.54 Å². The summed E-state index contributed by atoms with van der Waals surface area (Å²) in [4.78, 5) is 19.0. The molecule has 0 saturated carbocycles. The minimum Gasteiger partial charge on any atom is -0.492 e. The fourth-order valence-corrected chi connectivity index (χ4v) is 3.20. The monoisotopic (exact) mass is 392 g/mol. The number of rotatable bonds is 7. The molecule has 0 amide bonds. The fraction of sp³-hybridized carbons (Fsp3) is 0.273. The van der Waals surface area contributed by atoms with Crippen molar-refractivity contribution in [2.75, 3.05) is 37.7 Å². The molecule has 2 aromatic carbocycles. The largest absolute Gasteiger partial charge is 0.492 e. The molecule has 1 aromatic heterocycles. The van der Waals surface area contributed by atoms with E-state index < -0.39 is 0 Å². The Hall–Kier alpha value is -3.32. The highest BCUT2D eigenvalue weighted by atomic mass is 16.5. The summed E-state index contributed by atoms with van der Waals surface area (Å²) in [6.07, 6.45) is 3.38. The number of nitrogens with zero attached hydrogens (tertiary/aromatic N) is 3. The van der Waals surface area contributed by atoms with Crippen molar-refractivity contribution in [2.24, 2.45) is 0 Å². The van der Waals surface area contributed by atoms with Crippen LogP contribution < -0.4 is 25.2 Å². The van der Waals surface area contributed by atoms with Crippen LogP contribution in [0.5, 0.6) is 17.2 Å². The number of benzene rings is 2. The maximum absolute atomic E-state index is 12.7. The van der Waals surface area contributed by atoms with E-state index >= 15 is 0 Å². The predicted molar refractivity (Wildman–Crippen MR) is 112 cm³/mol. The van der Waals surface area contributed by atoms with E-state index in [2.05, 4.69) is 10.3 Å². The molecule has 3 aromatic rings. The summed E-state index contributed by atoms with van der Waals surface area (Å²) in [6.45, 7) is 4.17. The number of aromatic nitrogens is 2. The standard InChI is InChI=1S/C22H24N4O3/c27-22-21(25-13-10-23-11-14-25)24-12-15-26(22)16-17-28-18-6-8-20(9-7-18)29-19-4-2-1-3-5-19/h1-9,12,15,23H,10-11,13-14,16-17H2. The van der Waals surface area contributed by atoms with Crippen LogP contribution in [0.4, 0.5) is 5.82 Å². The second-order valence-electron chi connectivity index (χ2n) is 6.72. The Morgan fingerprint density at radius 3 is 2.38 bits per heavy atom. The Morgan fingerprint density at radius 1 is 0.931 bits per heavy atom. The van der Waals surface area contributed by atoms with Gasteiger partial charge < -0.3 is 24.3 Å². The van der Waals surface area contributed by atoms with Gasteiger partial charge in [0.15, 0.2) is 5.82 Å². The van der Waals surface area contributed by atoms with Gasteiger partial charge >= 0.3 is 0 Å². The summed E-state index contributed by atoms with van der Waals surface area (Å²) in [6, 6.07) is 17.1. The van der Waals surface area contributed by atoms with E-state index in [1.165, 1.54) is 0 Å². The highest BCUT2D eigenvalue weighted by molar-refractivity contribution is 5.37. The van der Waals surface area contributed by atoms with Gasteiger partial charge in [-0.2, -0.15) is 0 Å². The van der Waals surface area contributed by atoms with E-state index in [9.17, 15) is 4.79 Å². The summed E-state index contributed by atoms with van der Waals surface area (Å²) in [7, 11) is 0. The van der Waals surface area contributed by atoms with Crippen molar-refractivity contribution in [3.05, 3.63) is 77.3 Å². The van der Waals surface area contributed by atoms with Gasteiger partial charge in [0, 0.05) is 38.6 Å². The van der Waals surface area contributed by atoms with Crippen LogP contribution >= 0.6 is 0 Å². The van der Waals surface area contributed by atoms with Crippen molar-refractivity contribution in [3.8, 4) is 17.2 Å². The van der Waals surface area contributed by atoms with Crippen molar-refractivity contribution in [2.45, 2.75) is 6.54 Å². The predicted octanol–water partition coefficient (Wildman–Crippen LogP) is 2.52. The van der Waals surface area contributed by atoms with Gasteiger partial charge in [-0.3, -0.25) is 4.79 Å². The summed E-state index contributed by atoms with van der Waals surface area (Å²) in [5, 5.41) is 3.28. The number of ether oxygens (including phenoxy) is 2. The van der Waals surface area contributed by atoms with E-state index in [0.717, 1.165) is 43.4 Å². The molecule has 0 unspecified atom stereocenters. The zero-order valence-corrected chi connectivity index (χ0v) is 16.2. The van der Waals surface area contributed by atoms with Gasteiger partial charge in [0.05, 0.1) is 6.54 Å². The molecule has 1 aliphatic rings. The Balaban J connectivity index is 1.32. The maximum Gasteiger partial charge on any atom is 0.293 e. The summed E-state index contributed by atoms with van der Waals surface area (Å²) in [5.74, 6) is 2.78. The van der Waals surface area contributed by atoms with Crippen LogP contribution in [0.25, 0.3) is 0 Å². The van der Waals surface area contributed by atoms with Gasteiger partial charge in [0.1, 0.15) is 23.9 Å². The highest BCUT2D eigenvalue weighted by Crippen LogP contribution is 2.23. The van der Waals surface area contributed by atoms with Crippen LogP contribution in [0.2, 0.25) is 0 Å². The molecule has 29 heavy (non-hydrogen) atoms. The SMILES string of the molecule is O=c1c(N2CCNCC2)nccn1CCOc1ccc(Oc2ccccc2)cc1. The molecular formula is C22H24N4O3. The average molecular weight is 392 g/mol. The molecule has 1 saturated heterocycles. The number of nitrogens with one attached hydrogen (secondary N) is 1. The number of anilines is 1. The molecule has 1 N–H and O–H groups in total. The third-order valence-electron chi connectivity index (χ3n) is 4.72. The molecule has 0 aliphatic carbocycles. The summed E-state index contributed by atoms with van der Waals surface area (Å²) >= 11 is 0. The Kier molecular flexibility index (Phi) is 6.07. The Bertz CT molecular complexity index is 967. The maximum atomic E-state index is 12.7. The van der Waals surface area contributed by atoms with Gasteiger partial charge in [-0.1, -0.05) is 18.2 Å². The van der Waals surface area contributed by atoms with Crippen LogP contribution in [0.3, 0.4) is 0 Å².